The van der Waals surface area contributed by atoms with Gasteiger partial charge in [-0.3, -0.25) is 9.69 Å². The van der Waals surface area contributed by atoms with Crippen molar-refractivity contribution < 1.29 is 9.53 Å². The lowest BCUT2D eigenvalue weighted by Crippen LogP contribution is -2.39. The van der Waals surface area contributed by atoms with Crippen LogP contribution in [0.5, 0.6) is 0 Å². The van der Waals surface area contributed by atoms with Crippen LogP contribution in [0.3, 0.4) is 0 Å². The van der Waals surface area contributed by atoms with Crippen molar-refractivity contribution in [1.82, 2.24) is 19.8 Å². The number of fused-ring (bicyclic) bond motifs is 1. The number of hydrogen-bond donors (Lipinski definition) is 0. The molecule has 2 aliphatic rings. The Morgan fingerprint density at radius 1 is 1.12 bits per heavy atom. The molecule has 8 heteroatoms. The highest BCUT2D eigenvalue weighted by atomic mass is 35.5. The van der Waals surface area contributed by atoms with Crippen LogP contribution in [0, 0.1) is 0 Å². The van der Waals surface area contributed by atoms with Crippen molar-refractivity contribution in [2.24, 2.45) is 0 Å². The Morgan fingerprint density at radius 2 is 1.91 bits per heavy atom. The quantitative estimate of drug-likeness (QED) is 0.572. The van der Waals surface area contributed by atoms with Crippen molar-refractivity contribution in [3.63, 3.8) is 0 Å². The number of benzene rings is 1. The van der Waals surface area contributed by atoms with E-state index in [1.807, 2.05) is 23.1 Å². The molecular formula is C24H34ClN5O2. The SMILES string of the molecule is CCc1nc(N(CCCN2CCOCC2)CCC(=O)N2CCCC2)c2ccc(Cl)cc2n1. The maximum absolute atomic E-state index is 12.8. The highest BCUT2D eigenvalue weighted by molar-refractivity contribution is 6.31. The van der Waals surface area contributed by atoms with Gasteiger partial charge < -0.3 is 14.5 Å². The fraction of sp³-hybridized carbons (Fsp3) is 0.625. The molecule has 1 aromatic carbocycles. The van der Waals surface area contributed by atoms with Crippen LogP contribution in [0.2, 0.25) is 5.02 Å². The number of hydrogen-bond acceptors (Lipinski definition) is 6. The Labute approximate surface area is 195 Å². The first kappa shape index (κ1) is 23.2. The number of ether oxygens (including phenoxy) is 1. The molecule has 32 heavy (non-hydrogen) atoms. The molecule has 7 nitrogen and oxygen atoms in total. The van der Waals surface area contributed by atoms with E-state index in [9.17, 15) is 4.79 Å². The monoisotopic (exact) mass is 459 g/mol. The molecule has 2 fully saturated rings. The molecule has 1 amide bonds. The largest absolute Gasteiger partial charge is 0.379 e. The summed E-state index contributed by atoms with van der Waals surface area (Å²) in [7, 11) is 0. The molecule has 0 radical (unpaired) electrons. The number of likely N-dealkylation sites (tertiary alicyclic amines) is 1. The molecule has 0 saturated carbocycles. The van der Waals surface area contributed by atoms with Crippen molar-refractivity contribution in [3.8, 4) is 0 Å². The third kappa shape index (κ3) is 5.88. The summed E-state index contributed by atoms with van der Waals surface area (Å²) in [6.45, 7) is 9.99. The van der Waals surface area contributed by atoms with Crippen LogP contribution in [0.15, 0.2) is 18.2 Å². The molecule has 1 aromatic heterocycles. The fourth-order valence-electron chi connectivity index (χ4n) is 4.52. The van der Waals surface area contributed by atoms with Crippen molar-refractivity contribution in [2.75, 3.05) is 63.9 Å². The average Bonchev–Trinajstić information content (AvgIpc) is 3.36. The van der Waals surface area contributed by atoms with E-state index in [1.165, 1.54) is 0 Å². The molecule has 174 valence electrons. The second-order valence-corrected chi connectivity index (χ2v) is 9.05. The minimum atomic E-state index is 0.248. The van der Waals surface area contributed by atoms with E-state index >= 15 is 0 Å². The first-order valence-electron chi connectivity index (χ1n) is 11.9. The number of aromatic nitrogens is 2. The summed E-state index contributed by atoms with van der Waals surface area (Å²) < 4.78 is 5.47. The van der Waals surface area contributed by atoms with Crippen LogP contribution < -0.4 is 4.90 Å². The summed E-state index contributed by atoms with van der Waals surface area (Å²) in [4.78, 5) is 29.1. The normalized spacial score (nSPS) is 17.2. The van der Waals surface area contributed by atoms with Gasteiger partial charge in [0.1, 0.15) is 11.6 Å². The van der Waals surface area contributed by atoms with Gasteiger partial charge in [-0.2, -0.15) is 0 Å². The van der Waals surface area contributed by atoms with Gasteiger partial charge in [0.25, 0.3) is 0 Å². The van der Waals surface area contributed by atoms with Crippen molar-refractivity contribution >= 4 is 34.2 Å². The van der Waals surface area contributed by atoms with E-state index < -0.39 is 0 Å². The molecule has 0 atom stereocenters. The van der Waals surface area contributed by atoms with Gasteiger partial charge in [-0.1, -0.05) is 18.5 Å². The van der Waals surface area contributed by atoms with Gasteiger partial charge >= 0.3 is 0 Å². The molecule has 2 aliphatic heterocycles. The first-order chi connectivity index (χ1) is 15.6. The molecule has 0 spiro atoms. The van der Waals surface area contributed by atoms with E-state index in [0.29, 0.717) is 18.0 Å². The van der Waals surface area contributed by atoms with Crippen molar-refractivity contribution in [2.45, 2.75) is 39.0 Å². The molecule has 4 rings (SSSR count). The Morgan fingerprint density at radius 3 is 2.66 bits per heavy atom. The van der Waals surface area contributed by atoms with Crippen molar-refractivity contribution in [1.29, 1.82) is 0 Å². The minimum Gasteiger partial charge on any atom is -0.379 e. The van der Waals surface area contributed by atoms with E-state index in [1.54, 1.807) is 0 Å². The zero-order valence-electron chi connectivity index (χ0n) is 19.1. The van der Waals surface area contributed by atoms with Crippen LogP contribution in [-0.2, 0) is 16.0 Å². The average molecular weight is 460 g/mol. The molecular weight excluding hydrogens is 426 g/mol. The number of amides is 1. The third-order valence-corrected chi connectivity index (χ3v) is 6.60. The lowest BCUT2D eigenvalue weighted by molar-refractivity contribution is -0.129. The van der Waals surface area contributed by atoms with Gasteiger partial charge in [0.2, 0.25) is 5.91 Å². The maximum Gasteiger partial charge on any atom is 0.224 e. The summed E-state index contributed by atoms with van der Waals surface area (Å²) in [6.07, 6.45) is 4.51. The van der Waals surface area contributed by atoms with Gasteiger partial charge in [0, 0.05) is 69.1 Å². The standard InChI is InChI=1S/C24H34ClN5O2/c1-2-22-26-21-18-19(25)6-7-20(21)24(27-22)30(12-5-9-28-14-16-32-17-15-28)13-8-23(31)29-10-3-4-11-29/h6-7,18H,2-5,8-17H2,1H3. The number of rotatable bonds is 9. The number of morpholine rings is 1. The second kappa shape index (κ2) is 11.3. The number of aryl methyl sites for hydroxylation is 1. The number of nitrogens with zero attached hydrogens (tertiary/aromatic N) is 5. The van der Waals surface area contributed by atoms with Crippen LogP contribution in [0.1, 0.15) is 38.4 Å². The molecule has 2 saturated heterocycles. The number of carbonyl (C=O) groups excluding carboxylic acids is 1. The van der Waals surface area contributed by atoms with Gasteiger partial charge in [0.05, 0.1) is 18.7 Å². The van der Waals surface area contributed by atoms with E-state index in [4.69, 9.17) is 26.3 Å². The highest BCUT2D eigenvalue weighted by Gasteiger charge is 2.21. The summed E-state index contributed by atoms with van der Waals surface area (Å²) in [5.41, 5.74) is 0.864. The van der Waals surface area contributed by atoms with Gasteiger partial charge in [-0.05, 0) is 37.5 Å². The number of carbonyl (C=O) groups is 1. The molecule has 2 aromatic rings. The van der Waals surface area contributed by atoms with Crippen LogP contribution in [-0.4, -0.2) is 84.7 Å². The predicted molar refractivity (Wildman–Crippen MR) is 128 cm³/mol. The summed E-state index contributed by atoms with van der Waals surface area (Å²) in [5.74, 6) is 1.97. The Bertz CT molecular complexity index is 913. The van der Waals surface area contributed by atoms with E-state index in [-0.39, 0.29) is 5.91 Å². The number of halogens is 1. The summed E-state index contributed by atoms with van der Waals surface area (Å²) >= 11 is 6.25. The van der Waals surface area contributed by atoms with Gasteiger partial charge in [0.15, 0.2) is 0 Å². The lowest BCUT2D eigenvalue weighted by Gasteiger charge is -2.29. The Kier molecular flexibility index (Phi) is 8.16. The van der Waals surface area contributed by atoms with Gasteiger partial charge in [-0.15, -0.1) is 0 Å². The molecule has 0 aliphatic carbocycles. The zero-order valence-corrected chi connectivity index (χ0v) is 19.8. The summed E-state index contributed by atoms with van der Waals surface area (Å²) in [6, 6.07) is 5.80. The van der Waals surface area contributed by atoms with E-state index in [2.05, 4.69) is 16.7 Å². The molecule has 0 bridgehead atoms. The molecule has 0 N–H and O–H groups in total. The molecule has 3 heterocycles. The Balaban J connectivity index is 1.53. The van der Waals surface area contributed by atoms with Gasteiger partial charge in [-0.25, -0.2) is 9.97 Å². The third-order valence-electron chi connectivity index (χ3n) is 6.36. The van der Waals surface area contributed by atoms with Crippen LogP contribution >= 0.6 is 11.6 Å². The van der Waals surface area contributed by atoms with Crippen LogP contribution in [0.4, 0.5) is 5.82 Å². The fourth-order valence-corrected chi connectivity index (χ4v) is 4.69. The Hall–Kier alpha value is -1.96. The predicted octanol–water partition coefficient (Wildman–Crippen LogP) is 3.39. The highest BCUT2D eigenvalue weighted by Crippen LogP contribution is 2.27. The minimum absolute atomic E-state index is 0.248. The first-order valence-corrected chi connectivity index (χ1v) is 12.3. The molecule has 0 unspecified atom stereocenters. The zero-order chi connectivity index (χ0) is 22.3. The van der Waals surface area contributed by atoms with Crippen LogP contribution in [0.25, 0.3) is 10.9 Å². The van der Waals surface area contributed by atoms with Crippen molar-refractivity contribution in [3.05, 3.63) is 29.0 Å². The maximum atomic E-state index is 12.8. The second-order valence-electron chi connectivity index (χ2n) is 8.61. The van der Waals surface area contributed by atoms with E-state index in [0.717, 1.165) is 101 Å². The topological polar surface area (TPSA) is 61.8 Å². The lowest BCUT2D eigenvalue weighted by atomic mass is 10.2. The number of anilines is 1. The smallest absolute Gasteiger partial charge is 0.224 e. The summed E-state index contributed by atoms with van der Waals surface area (Å²) in [5, 5.41) is 1.67.